The quantitative estimate of drug-likeness (QED) is 0.432. The van der Waals surface area contributed by atoms with Crippen LogP contribution in [0.15, 0.2) is 60.7 Å². The van der Waals surface area contributed by atoms with Crippen molar-refractivity contribution in [2.24, 2.45) is 11.8 Å². The van der Waals surface area contributed by atoms with Gasteiger partial charge in [-0.1, -0.05) is 81.4 Å². The number of alkyl halides is 2. The second-order valence-electron chi connectivity index (χ2n) is 9.34. The first kappa shape index (κ1) is 23.6. The molecule has 0 heterocycles. The largest absolute Gasteiger partial charge is 0.466 e. The van der Waals surface area contributed by atoms with Crippen LogP contribution < -0.4 is 10.4 Å². The van der Waals surface area contributed by atoms with Crippen LogP contribution in [0.3, 0.4) is 0 Å². The third-order valence-electron chi connectivity index (χ3n) is 6.12. The lowest BCUT2D eigenvalue weighted by Crippen LogP contribution is -2.67. The van der Waals surface area contributed by atoms with Crippen molar-refractivity contribution in [3.05, 3.63) is 60.7 Å². The van der Waals surface area contributed by atoms with Gasteiger partial charge in [0.05, 0.1) is 6.61 Å². The predicted octanol–water partition coefficient (Wildman–Crippen LogP) is 4.79. The summed E-state index contributed by atoms with van der Waals surface area (Å²) in [5.74, 6) is -6.25. The summed E-state index contributed by atoms with van der Waals surface area (Å²) in [5.41, 5.74) is 0. The van der Waals surface area contributed by atoms with Crippen LogP contribution in [0.25, 0.3) is 0 Å². The molecule has 3 atom stereocenters. The highest BCUT2D eigenvalue weighted by Crippen LogP contribution is 2.58. The van der Waals surface area contributed by atoms with E-state index in [0.29, 0.717) is 0 Å². The standard InChI is InChI=1S/C25H32F2O3Si/c1-6-29-23(28)22-21(25(22,26)27)17-18(2)30-31(24(3,4)5,19-13-9-7-10-14-19)20-15-11-8-12-16-20/h7-16,18,21-22H,6,17H2,1-5H3/t18-,21?,22?/m0/s1. The van der Waals surface area contributed by atoms with Crippen molar-refractivity contribution in [2.75, 3.05) is 6.61 Å². The Bertz CT molecular complexity index is 841. The number of carbonyl (C=O) groups is 1. The molecule has 0 aliphatic heterocycles. The monoisotopic (exact) mass is 446 g/mol. The summed E-state index contributed by atoms with van der Waals surface area (Å²) in [4.78, 5) is 12.0. The molecule has 3 nitrogen and oxygen atoms in total. The zero-order valence-corrected chi connectivity index (χ0v) is 19.9. The van der Waals surface area contributed by atoms with Gasteiger partial charge in [-0.15, -0.1) is 0 Å². The first-order chi connectivity index (χ1) is 14.6. The maximum absolute atomic E-state index is 14.4. The number of hydrogen-bond donors (Lipinski definition) is 0. The van der Waals surface area contributed by atoms with Gasteiger partial charge in [0.2, 0.25) is 0 Å². The summed E-state index contributed by atoms with van der Waals surface area (Å²) >= 11 is 0. The van der Waals surface area contributed by atoms with E-state index in [1.807, 2.05) is 43.3 Å². The second-order valence-corrected chi connectivity index (χ2v) is 13.6. The first-order valence-electron chi connectivity index (χ1n) is 10.9. The fourth-order valence-corrected chi connectivity index (χ4v) is 9.35. The third kappa shape index (κ3) is 4.46. The van der Waals surface area contributed by atoms with E-state index in [0.717, 1.165) is 10.4 Å². The summed E-state index contributed by atoms with van der Waals surface area (Å²) in [6.07, 6.45) is -0.331. The molecule has 2 aromatic rings. The van der Waals surface area contributed by atoms with Gasteiger partial charge >= 0.3 is 5.97 Å². The molecule has 0 saturated heterocycles. The zero-order chi connectivity index (χ0) is 22.9. The number of hydrogen-bond acceptors (Lipinski definition) is 3. The molecule has 1 saturated carbocycles. The minimum Gasteiger partial charge on any atom is -0.466 e. The smallest absolute Gasteiger partial charge is 0.315 e. The SMILES string of the molecule is CCOC(=O)C1C(C[C@H](C)O[Si](c2ccccc2)(c2ccccc2)C(C)(C)C)C1(F)F. The molecule has 0 aromatic heterocycles. The molecule has 3 rings (SSSR count). The van der Waals surface area contributed by atoms with Gasteiger partial charge in [-0.2, -0.15) is 0 Å². The molecule has 1 aliphatic carbocycles. The van der Waals surface area contributed by atoms with E-state index in [2.05, 4.69) is 45.0 Å². The Morgan fingerprint density at radius 2 is 1.52 bits per heavy atom. The Labute approximate surface area is 184 Å². The molecule has 2 unspecified atom stereocenters. The van der Waals surface area contributed by atoms with Crippen LogP contribution in [0.4, 0.5) is 8.78 Å². The molecule has 31 heavy (non-hydrogen) atoms. The number of benzene rings is 2. The summed E-state index contributed by atoms with van der Waals surface area (Å²) < 4.78 is 40.4. The predicted molar refractivity (Wildman–Crippen MR) is 121 cm³/mol. The first-order valence-corrected chi connectivity index (χ1v) is 12.8. The van der Waals surface area contributed by atoms with Crippen LogP contribution in [0, 0.1) is 11.8 Å². The third-order valence-corrected chi connectivity index (χ3v) is 11.3. The van der Waals surface area contributed by atoms with Crippen molar-refractivity contribution in [1.29, 1.82) is 0 Å². The van der Waals surface area contributed by atoms with Crippen LogP contribution in [-0.4, -0.2) is 32.9 Å². The van der Waals surface area contributed by atoms with Crippen molar-refractivity contribution in [2.45, 2.75) is 58.1 Å². The van der Waals surface area contributed by atoms with Gasteiger partial charge in [0.15, 0.2) is 0 Å². The molecule has 0 spiro atoms. The van der Waals surface area contributed by atoms with E-state index in [4.69, 9.17) is 9.16 Å². The van der Waals surface area contributed by atoms with Gasteiger partial charge in [-0.3, -0.25) is 4.79 Å². The number of halogens is 2. The van der Waals surface area contributed by atoms with Crippen LogP contribution in [0.5, 0.6) is 0 Å². The van der Waals surface area contributed by atoms with Crippen LogP contribution in [-0.2, 0) is 14.0 Å². The van der Waals surface area contributed by atoms with Crippen molar-refractivity contribution in [1.82, 2.24) is 0 Å². The molecule has 0 amide bonds. The molecule has 0 radical (unpaired) electrons. The molecule has 1 fully saturated rings. The van der Waals surface area contributed by atoms with Crippen molar-refractivity contribution >= 4 is 24.7 Å². The summed E-state index contributed by atoms with van der Waals surface area (Å²) in [7, 11) is -2.82. The van der Waals surface area contributed by atoms with E-state index >= 15 is 0 Å². The summed E-state index contributed by atoms with van der Waals surface area (Å²) in [5, 5.41) is 1.96. The Hall–Kier alpha value is -2.05. The lowest BCUT2D eigenvalue weighted by atomic mass is 10.1. The van der Waals surface area contributed by atoms with Crippen molar-refractivity contribution in [3.63, 3.8) is 0 Å². The minimum atomic E-state index is -3.03. The van der Waals surface area contributed by atoms with E-state index in [-0.39, 0.29) is 18.1 Å². The van der Waals surface area contributed by atoms with Gasteiger partial charge < -0.3 is 9.16 Å². The van der Waals surface area contributed by atoms with Crippen molar-refractivity contribution < 1.29 is 22.7 Å². The Balaban J connectivity index is 1.94. The topological polar surface area (TPSA) is 35.5 Å². The van der Waals surface area contributed by atoms with Gasteiger partial charge in [0.1, 0.15) is 5.92 Å². The Morgan fingerprint density at radius 1 is 1.03 bits per heavy atom. The fraction of sp³-hybridized carbons (Fsp3) is 0.480. The molecule has 168 valence electrons. The molecule has 2 aromatic carbocycles. The average molecular weight is 447 g/mol. The molecular weight excluding hydrogens is 414 g/mol. The number of carbonyl (C=O) groups excluding carboxylic acids is 1. The zero-order valence-electron chi connectivity index (χ0n) is 18.9. The summed E-state index contributed by atoms with van der Waals surface area (Å²) in [6, 6.07) is 20.2. The van der Waals surface area contributed by atoms with Gasteiger partial charge in [-0.25, -0.2) is 8.78 Å². The Morgan fingerprint density at radius 3 is 1.94 bits per heavy atom. The average Bonchev–Trinajstić information content (AvgIpc) is 3.26. The molecule has 6 heteroatoms. The van der Waals surface area contributed by atoms with E-state index < -0.39 is 38.1 Å². The van der Waals surface area contributed by atoms with Gasteiger partial charge in [-0.05, 0) is 35.7 Å². The highest BCUT2D eigenvalue weighted by Gasteiger charge is 2.72. The molecule has 0 bridgehead atoms. The van der Waals surface area contributed by atoms with Crippen molar-refractivity contribution in [3.8, 4) is 0 Å². The molecular formula is C25H32F2O3Si. The number of esters is 1. The van der Waals surface area contributed by atoms with Crippen LogP contribution in [0.2, 0.25) is 5.04 Å². The lowest BCUT2D eigenvalue weighted by molar-refractivity contribution is -0.147. The van der Waals surface area contributed by atoms with Gasteiger partial charge in [0, 0.05) is 12.0 Å². The van der Waals surface area contributed by atoms with Crippen LogP contribution >= 0.6 is 0 Å². The number of ether oxygens (including phenoxy) is 1. The van der Waals surface area contributed by atoms with E-state index in [1.54, 1.807) is 6.92 Å². The maximum atomic E-state index is 14.4. The minimum absolute atomic E-state index is 0.103. The fourth-order valence-electron chi connectivity index (χ4n) is 4.64. The highest BCUT2D eigenvalue weighted by atomic mass is 28.4. The molecule has 0 N–H and O–H groups in total. The van der Waals surface area contributed by atoms with E-state index in [9.17, 15) is 13.6 Å². The normalized spacial score (nSPS) is 21.4. The maximum Gasteiger partial charge on any atom is 0.315 e. The second kappa shape index (κ2) is 8.83. The number of rotatable bonds is 8. The van der Waals surface area contributed by atoms with Crippen LogP contribution in [0.1, 0.15) is 41.0 Å². The highest BCUT2D eigenvalue weighted by molar-refractivity contribution is 6.99. The lowest BCUT2D eigenvalue weighted by Gasteiger charge is -2.44. The Kier molecular flexibility index (Phi) is 6.72. The van der Waals surface area contributed by atoms with E-state index in [1.165, 1.54) is 0 Å². The van der Waals surface area contributed by atoms with Gasteiger partial charge in [0.25, 0.3) is 14.2 Å². The summed E-state index contributed by atoms with van der Waals surface area (Å²) in [6.45, 7) is 10.0. The molecule has 1 aliphatic rings.